The molecule has 2 aromatic carbocycles. The van der Waals surface area contributed by atoms with Gasteiger partial charge in [0.05, 0.1) is 11.9 Å². The number of carboxylic acid groups (broad SMARTS) is 1. The van der Waals surface area contributed by atoms with Crippen molar-refractivity contribution in [3.8, 4) is 0 Å². The van der Waals surface area contributed by atoms with E-state index >= 15 is 0 Å². The first kappa shape index (κ1) is 19.2. The lowest BCUT2D eigenvalue weighted by Crippen LogP contribution is -2.46. The minimum atomic E-state index is -3.92. The predicted octanol–water partition coefficient (Wildman–Crippen LogP) is 3.25. The summed E-state index contributed by atoms with van der Waals surface area (Å²) in [6, 6.07) is 8.28. The highest BCUT2D eigenvalue weighted by atomic mass is 35.5. The van der Waals surface area contributed by atoms with Gasteiger partial charge in [0.15, 0.2) is 0 Å². The van der Waals surface area contributed by atoms with E-state index in [-0.39, 0.29) is 12.1 Å². The van der Waals surface area contributed by atoms with Crippen LogP contribution < -0.4 is 4.31 Å². The summed E-state index contributed by atoms with van der Waals surface area (Å²) in [6.45, 7) is 1.74. The van der Waals surface area contributed by atoms with Crippen LogP contribution in [0.1, 0.15) is 11.1 Å². The molecule has 0 saturated heterocycles. The number of sulfonamides is 1. The number of rotatable bonds is 6. The molecule has 0 aliphatic rings. The zero-order valence-electron chi connectivity index (χ0n) is 13.6. The second-order valence-electron chi connectivity index (χ2n) is 5.62. The number of hydrogen-bond donors (Lipinski definition) is 1. The largest absolute Gasteiger partial charge is 0.480 e. The van der Waals surface area contributed by atoms with Crippen molar-refractivity contribution in [2.24, 2.45) is 0 Å². The smallest absolute Gasteiger partial charge is 0.327 e. The van der Waals surface area contributed by atoms with E-state index in [4.69, 9.17) is 11.6 Å². The molecule has 0 bridgehead atoms. The molecule has 2 rings (SSSR count). The van der Waals surface area contributed by atoms with Crippen LogP contribution in [-0.2, 0) is 21.2 Å². The number of nitrogens with zero attached hydrogens (tertiary/aromatic N) is 1. The van der Waals surface area contributed by atoms with E-state index < -0.39 is 27.9 Å². The summed E-state index contributed by atoms with van der Waals surface area (Å²) in [6.07, 6.45) is 0.837. The molecule has 5 nitrogen and oxygen atoms in total. The Morgan fingerprint density at radius 3 is 2.36 bits per heavy atom. The number of aliphatic carboxylic acids is 1. The van der Waals surface area contributed by atoms with Crippen LogP contribution in [0, 0.1) is 12.7 Å². The topological polar surface area (TPSA) is 74.7 Å². The van der Waals surface area contributed by atoms with E-state index in [0.29, 0.717) is 16.1 Å². The normalized spacial score (nSPS) is 12.6. The van der Waals surface area contributed by atoms with Gasteiger partial charge in [-0.2, -0.15) is 0 Å². The van der Waals surface area contributed by atoms with E-state index in [1.54, 1.807) is 25.1 Å². The van der Waals surface area contributed by atoms with Crippen LogP contribution in [0.25, 0.3) is 0 Å². The molecule has 8 heteroatoms. The quantitative estimate of drug-likeness (QED) is 0.828. The average molecular weight is 386 g/mol. The maximum Gasteiger partial charge on any atom is 0.327 e. The highest BCUT2D eigenvalue weighted by molar-refractivity contribution is 7.92. The fourth-order valence-corrected chi connectivity index (χ4v) is 3.87. The van der Waals surface area contributed by atoms with Crippen molar-refractivity contribution in [2.45, 2.75) is 19.4 Å². The van der Waals surface area contributed by atoms with Gasteiger partial charge >= 0.3 is 5.97 Å². The Labute approximate surface area is 150 Å². The Balaban J connectivity index is 2.52. The second kappa shape index (κ2) is 7.41. The lowest BCUT2D eigenvalue weighted by molar-refractivity contribution is -0.138. The Bertz CT molecular complexity index is 884. The Morgan fingerprint density at radius 2 is 1.84 bits per heavy atom. The van der Waals surface area contributed by atoms with Gasteiger partial charge in [0.25, 0.3) is 0 Å². The van der Waals surface area contributed by atoms with Crippen LogP contribution in [0.2, 0.25) is 5.02 Å². The molecule has 0 radical (unpaired) electrons. The number of benzene rings is 2. The molecule has 0 aliphatic heterocycles. The molecular formula is C17H17ClFNO4S. The predicted molar refractivity (Wildman–Crippen MR) is 95.0 cm³/mol. The van der Waals surface area contributed by atoms with Crippen molar-refractivity contribution in [2.75, 3.05) is 10.6 Å². The minimum absolute atomic E-state index is 0.0772. The molecule has 0 aliphatic carbocycles. The molecular weight excluding hydrogens is 369 g/mol. The zero-order valence-corrected chi connectivity index (χ0v) is 15.2. The summed E-state index contributed by atoms with van der Waals surface area (Å²) >= 11 is 6.06. The molecule has 0 saturated carbocycles. The highest BCUT2D eigenvalue weighted by Gasteiger charge is 2.33. The van der Waals surface area contributed by atoms with Crippen molar-refractivity contribution in [1.82, 2.24) is 0 Å². The third-order valence-electron chi connectivity index (χ3n) is 3.80. The molecule has 0 spiro atoms. The van der Waals surface area contributed by atoms with Gasteiger partial charge in [0, 0.05) is 11.4 Å². The summed E-state index contributed by atoms with van der Waals surface area (Å²) in [5.41, 5.74) is 1.38. The third kappa shape index (κ3) is 4.49. The molecule has 0 aromatic heterocycles. The summed E-state index contributed by atoms with van der Waals surface area (Å²) < 4.78 is 38.4. The van der Waals surface area contributed by atoms with Crippen LogP contribution in [0.5, 0.6) is 0 Å². The van der Waals surface area contributed by atoms with Crippen molar-refractivity contribution < 1.29 is 22.7 Å². The molecule has 1 N–H and O–H groups in total. The maximum absolute atomic E-state index is 13.2. The van der Waals surface area contributed by atoms with Crippen LogP contribution >= 0.6 is 11.6 Å². The third-order valence-corrected chi connectivity index (χ3v) is 5.39. The van der Waals surface area contributed by atoms with Crippen molar-refractivity contribution in [3.05, 3.63) is 64.4 Å². The maximum atomic E-state index is 13.2. The summed E-state index contributed by atoms with van der Waals surface area (Å²) in [4.78, 5) is 11.8. The molecule has 0 fully saturated rings. The van der Waals surface area contributed by atoms with Crippen LogP contribution in [0.3, 0.4) is 0 Å². The van der Waals surface area contributed by atoms with Crippen LogP contribution in [0.15, 0.2) is 42.5 Å². The van der Waals surface area contributed by atoms with E-state index in [9.17, 15) is 22.7 Å². The first-order valence-electron chi connectivity index (χ1n) is 7.33. The number of carboxylic acids is 1. The van der Waals surface area contributed by atoms with Gasteiger partial charge in [0.1, 0.15) is 11.9 Å². The second-order valence-corrected chi connectivity index (χ2v) is 7.88. The number of halogens is 2. The fraction of sp³-hybridized carbons (Fsp3) is 0.235. The molecule has 1 atom stereocenters. The first-order valence-corrected chi connectivity index (χ1v) is 9.55. The van der Waals surface area contributed by atoms with Crippen molar-refractivity contribution in [3.63, 3.8) is 0 Å². The Morgan fingerprint density at radius 1 is 1.24 bits per heavy atom. The lowest BCUT2D eigenvalue weighted by atomic mass is 10.0. The monoisotopic (exact) mass is 385 g/mol. The van der Waals surface area contributed by atoms with E-state index in [0.717, 1.165) is 22.7 Å². The van der Waals surface area contributed by atoms with Gasteiger partial charge in [0.2, 0.25) is 10.0 Å². The first-order chi connectivity index (χ1) is 11.6. The Kier molecular flexibility index (Phi) is 5.69. The fourth-order valence-electron chi connectivity index (χ4n) is 2.54. The molecule has 134 valence electrons. The summed E-state index contributed by atoms with van der Waals surface area (Å²) in [7, 11) is -3.92. The van der Waals surface area contributed by atoms with Gasteiger partial charge in [-0.3, -0.25) is 4.31 Å². The summed E-state index contributed by atoms with van der Waals surface area (Å²) in [5.74, 6) is -1.86. The van der Waals surface area contributed by atoms with Gasteiger partial charge in [-0.1, -0.05) is 23.7 Å². The molecule has 0 heterocycles. The number of anilines is 1. The van der Waals surface area contributed by atoms with Gasteiger partial charge in [-0.25, -0.2) is 17.6 Å². The van der Waals surface area contributed by atoms with Crippen molar-refractivity contribution in [1.29, 1.82) is 0 Å². The number of hydrogen-bond acceptors (Lipinski definition) is 3. The van der Waals surface area contributed by atoms with Gasteiger partial charge < -0.3 is 5.11 Å². The van der Waals surface area contributed by atoms with Gasteiger partial charge in [-0.15, -0.1) is 0 Å². The lowest BCUT2D eigenvalue weighted by Gasteiger charge is -2.29. The van der Waals surface area contributed by atoms with E-state index in [1.807, 2.05) is 0 Å². The van der Waals surface area contributed by atoms with Crippen molar-refractivity contribution >= 4 is 33.3 Å². The van der Waals surface area contributed by atoms with Gasteiger partial charge in [-0.05, 0) is 48.4 Å². The average Bonchev–Trinajstić information content (AvgIpc) is 2.51. The standard InChI is InChI=1S/C17H17ClFNO4S/c1-11-12(4-3-5-15(11)18)10-16(17(21)22)20(25(2,23)24)14-8-6-13(19)7-9-14/h3-9,16H,10H2,1-2H3,(H,21,22). The SMILES string of the molecule is Cc1c(Cl)cccc1CC(C(=O)O)N(c1ccc(F)cc1)S(C)(=O)=O. The summed E-state index contributed by atoms with van der Waals surface area (Å²) in [5, 5.41) is 10.1. The molecule has 0 amide bonds. The zero-order chi connectivity index (χ0) is 18.8. The Hall–Kier alpha value is -2.12. The van der Waals surface area contributed by atoms with E-state index in [1.165, 1.54) is 12.1 Å². The highest BCUT2D eigenvalue weighted by Crippen LogP contribution is 2.26. The van der Waals surface area contributed by atoms with Crippen LogP contribution in [-0.4, -0.2) is 31.8 Å². The number of carbonyl (C=O) groups is 1. The molecule has 25 heavy (non-hydrogen) atoms. The molecule has 1 unspecified atom stereocenters. The minimum Gasteiger partial charge on any atom is -0.480 e. The van der Waals surface area contributed by atoms with Crippen LogP contribution in [0.4, 0.5) is 10.1 Å². The van der Waals surface area contributed by atoms with E-state index in [2.05, 4.69) is 0 Å². The molecule has 2 aromatic rings.